The molecule has 0 radical (unpaired) electrons. The molecule has 2 saturated carbocycles. The lowest BCUT2D eigenvalue weighted by Gasteiger charge is -2.34. The summed E-state index contributed by atoms with van der Waals surface area (Å²) in [5, 5.41) is -1.21. The molecule has 1 aliphatic heterocycles. The second-order valence-corrected chi connectivity index (χ2v) is 15.9. The standard InChI is InChI=1S/C39H45ClF2N4O7S/c1-7-52-37(50)38-19-23(38)12-10-8-9-11-15-45(5)34(47)26-16-24(17-27(26)35(48)46(38)36(49)39(40,41)42)53-31-18-28(33-44-29(20-54-33)21(2)3)43-32-22(4)30(51-6)14-13-25(31)32/h10,12-14,18,20-21,23-24,26-27H,7-9,11,15-17,19H2,1-6H3/t23-,24+,26-,27-,38-/m1/s1. The van der Waals surface area contributed by atoms with Crippen LogP contribution >= 0.6 is 22.9 Å². The zero-order valence-electron chi connectivity index (χ0n) is 31.2. The highest BCUT2D eigenvalue weighted by molar-refractivity contribution is 7.13. The van der Waals surface area contributed by atoms with Crippen LogP contribution in [-0.4, -0.2) is 87.8 Å². The van der Waals surface area contributed by atoms with Crippen molar-refractivity contribution in [1.29, 1.82) is 0 Å². The van der Waals surface area contributed by atoms with Gasteiger partial charge in [-0.2, -0.15) is 8.78 Å². The number of alkyl halides is 3. The number of nitrogens with zero attached hydrogens (tertiary/aromatic N) is 4. The summed E-state index contributed by atoms with van der Waals surface area (Å²) in [6.07, 6.45) is 4.50. The number of aryl methyl sites for hydroxylation is 1. The van der Waals surface area contributed by atoms with Crippen molar-refractivity contribution in [3.63, 3.8) is 0 Å². The van der Waals surface area contributed by atoms with Gasteiger partial charge in [0.1, 0.15) is 28.3 Å². The number of hydrogen-bond acceptors (Lipinski definition) is 10. The van der Waals surface area contributed by atoms with Crippen molar-refractivity contribution in [2.24, 2.45) is 17.8 Å². The highest BCUT2D eigenvalue weighted by atomic mass is 35.5. The molecule has 0 saturated heterocycles. The maximum absolute atomic E-state index is 14.8. The average Bonchev–Trinajstić information content (AvgIpc) is 3.42. The fourth-order valence-electron chi connectivity index (χ4n) is 7.67. The molecule has 2 aromatic heterocycles. The molecule has 290 valence electrons. The van der Waals surface area contributed by atoms with Gasteiger partial charge >= 0.3 is 17.3 Å². The van der Waals surface area contributed by atoms with Crippen LogP contribution in [0.25, 0.3) is 21.6 Å². The number of carbonyl (C=O) groups excluding carboxylic acids is 4. The monoisotopic (exact) mass is 786 g/mol. The van der Waals surface area contributed by atoms with Crippen molar-refractivity contribution >= 4 is 57.5 Å². The van der Waals surface area contributed by atoms with E-state index in [-0.39, 0.29) is 37.7 Å². The molecule has 54 heavy (non-hydrogen) atoms. The quantitative estimate of drug-likeness (QED) is 0.132. The van der Waals surface area contributed by atoms with Crippen molar-refractivity contribution in [2.75, 3.05) is 27.3 Å². The van der Waals surface area contributed by atoms with E-state index in [4.69, 9.17) is 35.8 Å². The predicted molar refractivity (Wildman–Crippen MR) is 200 cm³/mol. The first kappa shape index (κ1) is 39.5. The molecule has 15 heteroatoms. The summed E-state index contributed by atoms with van der Waals surface area (Å²) in [6.45, 7) is 7.82. The van der Waals surface area contributed by atoms with Crippen LogP contribution in [0.3, 0.4) is 0 Å². The highest BCUT2D eigenvalue weighted by Crippen LogP contribution is 2.54. The average molecular weight is 787 g/mol. The second-order valence-electron chi connectivity index (χ2n) is 14.6. The lowest BCUT2D eigenvalue weighted by atomic mass is 9.91. The topological polar surface area (TPSA) is 128 Å². The molecule has 11 nitrogen and oxygen atoms in total. The van der Waals surface area contributed by atoms with Gasteiger partial charge in [-0.05, 0) is 82.0 Å². The van der Waals surface area contributed by atoms with E-state index in [1.165, 1.54) is 16.2 Å². The fourth-order valence-corrected chi connectivity index (χ4v) is 8.69. The van der Waals surface area contributed by atoms with Gasteiger partial charge in [0.2, 0.25) is 11.8 Å². The lowest BCUT2D eigenvalue weighted by Crippen LogP contribution is -2.58. The summed E-state index contributed by atoms with van der Waals surface area (Å²) in [5.74, 6) is -6.38. The number of benzene rings is 1. The van der Waals surface area contributed by atoms with Crippen molar-refractivity contribution in [3.05, 3.63) is 47.0 Å². The molecule has 6 rings (SSSR count). The maximum atomic E-state index is 14.8. The normalized spacial score (nSPS) is 25.0. The van der Waals surface area contributed by atoms with Crippen LogP contribution in [0.4, 0.5) is 8.78 Å². The lowest BCUT2D eigenvalue weighted by molar-refractivity contribution is -0.172. The van der Waals surface area contributed by atoms with Crippen LogP contribution < -0.4 is 9.47 Å². The minimum absolute atomic E-state index is 0.0393. The Labute approximate surface area is 322 Å². The molecule has 3 aliphatic rings. The first-order valence-electron chi connectivity index (χ1n) is 18.3. The summed E-state index contributed by atoms with van der Waals surface area (Å²) in [5.41, 5.74) is 0.811. The fraction of sp³-hybridized carbons (Fsp3) is 0.538. The Hall–Kier alpha value is -4.17. The number of halogens is 3. The molecular formula is C39H45ClF2N4O7S. The van der Waals surface area contributed by atoms with Gasteiger partial charge < -0.3 is 19.1 Å². The van der Waals surface area contributed by atoms with Gasteiger partial charge in [0.15, 0.2) is 5.54 Å². The van der Waals surface area contributed by atoms with Crippen molar-refractivity contribution < 1.29 is 42.2 Å². The number of rotatable bonds is 8. The first-order valence-corrected chi connectivity index (χ1v) is 19.5. The van der Waals surface area contributed by atoms with E-state index in [1.807, 2.05) is 32.2 Å². The van der Waals surface area contributed by atoms with Crippen LogP contribution in [-0.2, 0) is 23.9 Å². The van der Waals surface area contributed by atoms with Crippen molar-refractivity contribution in [1.82, 2.24) is 19.8 Å². The number of pyridine rings is 1. The Morgan fingerprint density at radius 1 is 1.11 bits per heavy atom. The first-order chi connectivity index (χ1) is 25.6. The number of thiazole rings is 1. The maximum Gasteiger partial charge on any atom is 0.400 e. The molecule has 0 unspecified atom stereocenters. The van der Waals surface area contributed by atoms with Crippen molar-refractivity contribution in [2.45, 2.75) is 89.2 Å². The van der Waals surface area contributed by atoms with Crippen LogP contribution in [0.1, 0.15) is 76.5 Å². The summed E-state index contributed by atoms with van der Waals surface area (Å²) >= 11 is 6.77. The molecule has 2 fully saturated rings. The summed E-state index contributed by atoms with van der Waals surface area (Å²) < 4.78 is 47.2. The Balaban J connectivity index is 1.44. The molecule has 5 atom stereocenters. The Morgan fingerprint density at radius 2 is 1.83 bits per heavy atom. The molecular weight excluding hydrogens is 742 g/mol. The third-order valence-corrected chi connectivity index (χ3v) is 11.7. The van der Waals surface area contributed by atoms with Gasteiger partial charge in [-0.3, -0.25) is 19.3 Å². The number of imide groups is 1. The number of fused-ring (bicyclic) bond motifs is 3. The number of carbonyl (C=O) groups is 4. The van der Waals surface area contributed by atoms with E-state index in [9.17, 15) is 28.0 Å². The minimum atomic E-state index is -4.52. The number of esters is 1. The number of amides is 3. The van der Waals surface area contributed by atoms with E-state index >= 15 is 0 Å². The molecule has 3 amide bonds. The van der Waals surface area contributed by atoms with E-state index in [2.05, 4.69) is 0 Å². The largest absolute Gasteiger partial charge is 0.496 e. The van der Waals surface area contributed by atoms with Crippen LogP contribution in [0, 0.1) is 24.7 Å². The molecule has 1 aromatic carbocycles. The van der Waals surface area contributed by atoms with Crippen LogP contribution in [0.15, 0.2) is 35.7 Å². The molecule has 0 N–H and O–H groups in total. The molecule has 0 bridgehead atoms. The number of methoxy groups -OCH3 is 1. The summed E-state index contributed by atoms with van der Waals surface area (Å²) in [7, 11) is 3.20. The van der Waals surface area contributed by atoms with Gasteiger partial charge in [0.25, 0.3) is 0 Å². The number of hydrogen-bond donors (Lipinski definition) is 0. The third-order valence-electron chi connectivity index (χ3n) is 10.7. The summed E-state index contributed by atoms with van der Waals surface area (Å²) in [4.78, 5) is 67.6. The zero-order valence-corrected chi connectivity index (χ0v) is 32.8. The van der Waals surface area contributed by atoms with Gasteiger partial charge in [-0.25, -0.2) is 14.8 Å². The third kappa shape index (κ3) is 7.43. The molecule has 3 aromatic rings. The Bertz CT molecular complexity index is 1980. The molecule has 0 spiro atoms. The summed E-state index contributed by atoms with van der Waals surface area (Å²) in [6, 6.07) is 5.38. The molecule has 3 heterocycles. The highest BCUT2D eigenvalue weighted by Gasteiger charge is 2.70. The zero-order chi connectivity index (χ0) is 39.1. The van der Waals surface area contributed by atoms with Crippen molar-refractivity contribution in [3.8, 4) is 22.2 Å². The Kier molecular flexibility index (Phi) is 11.4. The van der Waals surface area contributed by atoms with Gasteiger partial charge in [0.05, 0.1) is 36.8 Å². The van der Waals surface area contributed by atoms with Gasteiger partial charge in [-0.1, -0.05) is 26.0 Å². The predicted octanol–water partition coefficient (Wildman–Crippen LogP) is 7.28. The minimum Gasteiger partial charge on any atom is -0.496 e. The van der Waals surface area contributed by atoms with Gasteiger partial charge in [0, 0.05) is 41.9 Å². The number of allylic oxidation sites excluding steroid dienone is 1. The van der Waals surface area contributed by atoms with Crippen LogP contribution in [0.2, 0.25) is 0 Å². The number of ether oxygens (including phenoxy) is 3. The van der Waals surface area contributed by atoms with E-state index in [0.717, 1.165) is 11.3 Å². The SMILES string of the molecule is CCOC(=O)[C@@]12C[C@H]1C=CCCCCN(C)C(=O)[C@@H]1C[C@H](Oc3cc(-c4nc(C(C)C)cs4)nc4c(C)c(OC)ccc34)C[C@H]1C(=O)N2C(=O)C(F)(F)Cl. The Morgan fingerprint density at radius 3 is 2.48 bits per heavy atom. The number of aromatic nitrogens is 2. The second kappa shape index (κ2) is 15.5. The van der Waals surface area contributed by atoms with Gasteiger partial charge in [-0.15, -0.1) is 11.3 Å². The van der Waals surface area contributed by atoms with Crippen LogP contribution in [0.5, 0.6) is 11.5 Å². The smallest absolute Gasteiger partial charge is 0.400 e. The van der Waals surface area contributed by atoms with E-state index in [1.54, 1.807) is 45.4 Å². The van der Waals surface area contributed by atoms with E-state index < -0.39 is 52.6 Å². The van der Waals surface area contributed by atoms with E-state index in [0.29, 0.717) is 63.8 Å². The molecule has 2 aliphatic carbocycles.